The fourth-order valence-corrected chi connectivity index (χ4v) is 3.64. The zero-order chi connectivity index (χ0) is 24.5. The number of rotatable bonds is 11. The summed E-state index contributed by atoms with van der Waals surface area (Å²) >= 11 is 12.3. The minimum atomic E-state index is -0.751. The normalized spacial score (nSPS) is 11.4. The van der Waals surface area contributed by atoms with Crippen molar-refractivity contribution in [3.8, 4) is 11.5 Å². The number of nitro groups is 1. The van der Waals surface area contributed by atoms with E-state index in [0.29, 0.717) is 28.6 Å². The minimum Gasteiger partial charge on any atom is -0.490 e. The Morgan fingerprint density at radius 3 is 2.48 bits per heavy atom. The van der Waals surface area contributed by atoms with E-state index < -0.39 is 23.5 Å². The monoisotopic (exact) mass is 497 g/mol. The van der Waals surface area contributed by atoms with E-state index in [1.54, 1.807) is 32.0 Å². The lowest BCUT2D eigenvalue weighted by atomic mass is 10.1. The molecular weight excluding hydrogens is 473 g/mol. The molecule has 2 aromatic carbocycles. The average molecular weight is 498 g/mol. The van der Waals surface area contributed by atoms with Gasteiger partial charge in [0.15, 0.2) is 6.61 Å². The Balaban J connectivity index is 2.27. The Labute approximate surface area is 201 Å². The molecule has 0 saturated carbocycles. The van der Waals surface area contributed by atoms with E-state index in [9.17, 15) is 19.7 Å². The first-order valence-electron chi connectivity index (χ1n) is 10.2. The van der Waals surface area contributed by atoms with Gasteiger partial charge in [-0.15, -0.1) is 0 Å². The van der Waals surface area contributed by atoms with Crippen LogP contribution >= 0.6 is 23.2 Å². The van der Waals surface area contributed by atoms with Crippen molar-refractivity contribution in [2.24, 2.45) is 0 Å². The molecule has 9 nitrogen and oxygen atoms in total. The van der Waals surface area contributed by atoms with Crippen molar-refractivity contribution in [2.75, 3.05) is 20.3 Å². The van der Waals surface area contributed by atoms with Gasteiger partial charge in [-0.25, -0.2) is 0 Å². The van der Waals surface area contributed by atoms with E-state index in [-0.39, 0.29) is 29.6 Å². The maximum Gasteiger partial charge on any atom is 0.311 e. The largest absolute Gasteiger partial charge is 0.490 e. The van der Waals surface area contributed by atoms with Gasteiger partial charge in [-0.1, -0.05) is 36.2 Å². The lowest BCUT2D eigenvalue weighted by Crippen LogP contribution is -2.50. The van der Waals surface area contributed by atoms with Crippen molar-refractivity contribution in [3.05, 3.63) is 62.1 Å². The van der Waals surface area contributed by atoms with Crippen molar-refractivity contribution in [1.29, 1.82) is 0 Å². The minimum absolute atomic E-state index is 0.00325. The molecule has 0 radical (unpaired) electrons. The highest BCUT2D eigenvalue weighted by Crippen LogP contribution is 2.31. The fraction of sp³-hybridized carbons (Fsp3) is 0.364. The van der Waals surface area contributed by atoms with Crippen molar-refractivity contribution >= 4 is 40.7 Å². The molecule has 0 aliphatic rings. The Kier molecular flexibility index (Phi) is 9.74. The summed E-state index contributed by atoms with van der Waals surface area (Å²) in [6.07, 6.45) is 0.369. The van der Waals surface area contributed by atoms with Gasteiger partial charge in [0.1, 0.15) is 11.8 Å². The summed E-state index contributed by atoms with van der Waals surface area (Å²) in [5.74, 6) is -0.545. The maximum atomic E-state index is 13.2. The molecule has 0 aliphatic carbocycles. The predicted octanol–water partition coefficient (Wildman–Crippen LogP) is 4.23. The number of benzene rings is 2. The molecule has 0 bridgehead atoms. The van der Waals surface area contributed by atoms with Crippen LogP contribution in [0.15, 0.2) is 36.4 Å². The zero-order valence-electron chi connectivity index (χ0n) is 18.5. The Hall–Kier alpha value is -3.04. The molecule has 2 amide bonds. The molecule has 0 aliphatic heterocycles. The highest BCUT2D eigenvalue weighted by atomic mass is 35.5. The van der Waals surface area contributed by atoms with Crippen LogP contribution in [0.5, 0.6) is 11.5 Å². The Morgan fingerprint density at radius 2 is 1.91 bits per heavy atom. The number of hydrogen-bond donors (Lipinski definition) is 1. The number of carbonyl (C=O) groups is 2. The lowest BCUT2D eigenvalue weighted by molar-refractivity contribution is -0.385. The van der Waals surface area contributed by atoms with E-state index in [2.05, 4.69) is 5.32 Å². The number of methoxy groups -OCH3 is 1. The number of hydrogen-bond acceptors (Lipinski definition) is 6. The van der Waals surface area contributed by atoms with Crippen LogP contribution in [0.25, 0.3) is 0 Å². The number of carbonyl (C=O) groups excluding carboxylic acids is 2. The third-order valence-electron chi connectivity index (χ3n) is 4.80. The second kappa shape index (κ2) is 12.3. The van der Waals surface area contributed by atoms with E-state index in [1.165, 1.54) is 30.2 Å². The summed E-state index contributed by atoms with van der Waals surface area (Å²) in [7, 11) is 1.30. The molecule has 0 saturated heterocycles. The van der Waals surface area contributed by atoms with Gasteiger partial charge in [-0.2, -0.15) is 0 Å². The number of halogens is 2. The summed E-state index contributed by atoms with van der Waals surface area (Å²) in [4.78, 5) is 37.7. The number of nitrogens with one attached hydrogen (secondary N) is 1. The van der Waals surface area contributed by atoms with Crippen molar-refractivity contribution in [2.45, 2.75) is 32.9 Å². The van der Waals surface area contributed by atoms with Crippen LogP contribution in [0.3, 0.4) is 0 Å². The quantitative estimate of drug-likeness (QED) is 0.367. The third kappa shape index (κ3) is 6.97. The van der Waals surface area contributed by atoms with Gasteiger partial charge in [0.2, 0.25) is 11.7 Å². The molecule has 0 fully saturated rings. The number of amides is 2. The van der Waals surface area contributed by atoms with Crippen LogP contribution in [0.4, 0.5) is 5.69 Å². The highest BCUT2D eigenvalue weighted by Gasteiger charge is 2.29. The van der Waals surface area contributed by atoms with E-state index in [0.717, 1.165) is 0 Å². The first kappa shape index (κ1) is 26.2. The summed E-state index contributed by atoms with van der Waals surface area (Å²) < 4.78 is 10.6. The number of likely N-dealkylation sites (N-methyl/N-ethyl adjacent to an activating group) is 1. The molecule has 0 heterocycles. The molecular formula is C22H25Cl2N3O6. The van der Waals surface area contributed by atoms with Crippen LogP contribution in [0.2, 0.25) is 10.0 Å². The molecule has 1 atom stereocenters. The molecule has 0 spiro atoms. The maximum absolute atomic E-state index is 13.2. The summed E-state index contributed by atoms with van der Waals surface area (Å²) in [6, 6.07) is 8.08. The summed E-state index contributed by atoms with van der Waals surface area (Å²) in [6.45, 7) is 3.67. The van der Waals surface area contributed by atoms with Crippen LogP contribution in [-0.2, 0) is 16.1 Å². The third-order valence-corrected chi connectivity index (χ3v) is 5.39. The highest BCUT2D eigenvalue weighted by molar-refractivity contribution is 6.35. The first-order valence-corrected chi connectivity index (χ1v) is 10.9. The standard InChI is InChI=1S/C22H25Cl2N3O6/c1-4-18(22(29)25-5-2)26(12-14-6-7-15(23)10-17(14)24)21(28)13-33-16-8-9-19(27(30)31)20(11-16)32-3/h6-11,18H,4-5,12-13H2,1-3H3,(H,25,29). The zero-order valence-corrected chi connectivity index (χ0v) is 20.0. The molecule has 2 aromatic rings. The van der Waals surface area contributed by atoms with Gasteiger partial charge in [0.05, 0.1) is 12.0 Å². The molecule has 11 heteroatoms. The van der Waals surface area contributed by atoms with Gasteiger partial charge in [-0.05, 0) is 37.1 Å². The van der Waals surface area contributed by atoms with Gasteiger partial charge in [-0.3, -0.25) is 19.7 Å². The van der Waals surface area contributed by atoms with E-state index in [1.807, 2.05) is 0 Å². The SMILES string of the molecule is CCNC(=O)C(CC)N(Cc1ccc(Cl)cc1Cl)C(=O)COc1ccc([N+](=O)[O-])c(OC)c1. The van der Waals surface area contributed by atoms with Gasteiger partial charge >= 0.3 is 5.69 Å². The average Bonchev–Trinajstić information content (AvgIpc) is 2.78. The summed E-state index contributed by atoms with van der Waals surface area (Å²) in [5, 5.41) is 14.6. The van der Waals surface area contributed by atoms with Crippen molar-refractivity contribution in [3.63, 3.8) is 0 Å². The van der Waals surface area contributed by atoms with Gasteiger partial charge in [0, 0.05) is 35.3 Å². The number of ether oxygens (including phenoxy) is 2. The smallest absolute Gasteiger partial charge is 0.311 e. The molecule has 2 rings (SSSR count). The molecule has 0 aromatic heterocycles. The Bertz CT molecular complexity index is 1020. The van der Waals surface area contributed by atoms with E-state index >= 15 is 0 Å². The molecule has 33 heavy (non-hydrogen) atoms. The predicted molar refractivity (Wildman–Crippen MR) is 125 cm³/mol. The molecule has 1 unspecified atom stereocenters. The summed E-state index contributed by atoms with van der Waals surface area (Å²) in [5.41, 5.74) is 0.395. The topological polar surface area (TPSA) is 111 Å². The van der Waals surface area contributed by atoms with Crippen LogP contribution < -0.4 is 14.8 Å². The lowest BCUT2D eigenvalue weighted by Gasteiger charge is -2.30. The van der Waals surface area contributed by atoms with Crippen LogP contribution in [-0.4, -0.2) is 47.9 Å². The van der Waals surface area contributed by atoms with Gasteiger partial charge in [0.25, 0.3) is 5.91 Å². The molecule has 1 N–H and O–H groups in total. The first-order chi connectivity index (χ1) is 15.7. The fourth-order valence-electron chi connectivity index (χ4n) is 3.17. The molecule has 178 valence electrons. The van der Waals surface area contributed by atoms with E-state index in [4.69, 9.17) is 32.7 Å². The second-order valence-corrected chi connectivity index (χ2v) is 7.80. The van der Waals surface area contributed by atoms with Crippen LogP contribution in [0.1, 0.15) is 25.8 Å². The van der Waals surface area contributed by atoms with Crippen molar-refractivity contribution in [1.82, 2.24) is 10.2 Å². The van der Waals surface area contributed by atoms with Crippen LogP contribution in [0, 0.1) is 10.1 Å². The Morgan fingerprint density at radius 1 is 1.18 bits per heavy atom. The number of nitrogens with zero attached hydrogens (tertiary/aromatic N) is 2. The second-order valence-electron chi connectivity index (χ2n) is 6.96. The number of nitro benzene ring substituents is 1. The van der Waals surface area contributed by atoms with Crippen molar-refractivity contribution < 1.29 is 24.0 Å². The van der Waals surface area contributed by atoms with Gasteiger partial charge < -0.3 is 19.7 Å².